The summed E-state index contributed by atoms with van der Waals surface area (Å²) in [5.41, 5.74) is 2.26. The average molecular weight is 255 g/mol. The minimum Gasteiger partial charge on any atom is -0.490 e. The van der Waals surface area contributed by atoms with Crippen molar-refractivity contribution in [2.24, 2.45) is 0 Å². The Labute approximate surface area is 113 Å². The van der Waals surface area contributed by atoms with Gasteiger partial charge in [0.05, 0.1) is 12.2 Å². The molecular weight excluding hydrogens is 238 g/mol. The molecule has 1 aliphatic rings. The molecule has 0 aliphatic carbocycles. The van der Waals surface area contributed by atoms with Crippen molar-refractivity contribution in [1.29, 1.82) is 0 Å². The molecule has 0 saturated heterocycles. The van der Waals surface area contributed by atoms with Gasteiger partial charge in [-0.05, 0) is 36.8 Å². The second-order valence-electron chi connectivity index (χ2n) is 4.74. The lowest BCUT2D eigenvalue weighted by molar-refractivity contribution is 0.132. The number of anilines is 1. The zero-order valence-electron chi connectivity index (χ0n) is 10.9. The van der Waals surface area contributed by atoms with E-state index in [0.29, 0.717) is 6.61 Å². The molecule has 19 heavy (non-hydrogen) atoms. The zero-order chi connectivity index (χ0) is 13.1. The van der Waals surface area contributed by atoms with E-state index in [4.69, 9.17) is 9.47 Å². The summed E-state index contributed by atoms with van der Waals surface area (Å²) in [4.78, 5) is 0. The number of ether oxygens (including phenoxy) is 2. The summed E-state index contributed by atoms with van der Waals surface area (Å²) in [6.45, 7) is 3.38. The minimum absolute atomic E-state index is 0.0366. The third-order valence-electron chi connectivity index (χ3n) is 3.13. The van der Waals surface area contributed by atoms with Crippen molar-refractivity contribution >= 4 is 5.69 Å². The van der Waals surface area contributed by atoms with Gasteiger partial charge in [-0.15, -0.1) is 0 Å². The standard InChI is InChI=1S/C16H17NO2/c1-12-7-8-15-16(9-12)19-14(10-17-15)11-18-13-5-3-2-4-6-13/h2-9,14,17H,10-11H2,1H3. The SMILES string of the molecule is Cc1ccc2c(c1)OC(COc1ccccc1)CN2. The molecule has 1 heterocycles. The Hall–Kier alpha value is -2.16. The van der Waals surface area contributed by atoms with Crippen LogP contribution in [0.4, 0.5) is 5.69 Å². The molecule has 0 fully saturated rings. The number of rotatable bonds is 3. The molecule has 1 N–H and O–H groups in total. The molecule has 2 aromatic rings. The van der Waals surface area contributed by atoms with Crippen molar-refractivity contribution in [2.45, 2.75) is 13.0 Å². The normalized spacial score (nSPS) is 17.0. The van der Waals surface area contributed by atoms with Crippen LogP contribution < -0.4 is 14.8 Å². The molecule has 0 aromatic heterocycles. The van der Waals surface area contributed by atoms with Crippen LogP contribution in [0, 0.1) is 6.92 Å². The van der Waals surface area contributed by atoms with Crippen molar-refractivity contribution < 1.29 is 9.47 Å². The summed E-state index contributed by atoms with van der Waals surface area (Å²) in [5, 5.41) is 3.37. The van der Waals surface area contributed by atoms with Crippen molar-refractivity contribution in [1.82, 2.24) is 0 Å². The van der Waals surface area contributed by atoms with Crippen LogP contribution in [0.25, 0.3) is 0 Å². The first-order chi connectivity index (χ1) is 9.31. The molecule has 3 rings (SSSR count). The van der Waals surface area contributed by atoms with E-state index in [2.05, 4.69) is 30.4 Å². The van der Waals surface area contributed by atoms with Gasteiger partial charge in [-0.25, -0.2) is 0 Å². The topological polar surface area (TPSA) is 30.5 Å². The number of benzene rings is 2. The van der Waals surface area contributed by atoms with E-state index in [0.717, 1.165) is 23.7 Å². The quantitative estimate of drug-likeness (QED) is 0.913. The molecule has 1 aliphatic heterocycles. The Balaban J connectivity index is 1.62. The van der Waals surface area contributed by atoms with Crippen LogP contribution in [0.15, 0.2) is 48.5 Å². The lowest BCUT2D eigenvalue weighted by atomic mass is 10.1. The van der Waals surface area contributed by atoms with E-state index in [1.807, 2.05) is 30.3 Å². The highest BCUT2D eigenvalue weighted by Crippen LogP contribution is 2.29. The highest BCUT2D eigenvalue weighted by Gasteiger charge is 2.19. The number of hydrogen-bond acceptors (Lipinski definition) is 3. The monoisotopic (exact) mass is 255 g/mol. The fourth-order valence-corrected chi connectivity index (χ4v) is 2.12. The van der Waals surface area contributed by atoms with Crippen LogP contribution in [0.2, 0.25) is 0 Å². The van der Waals surface area contributed by atoms with Gasteiger partial charge in [0.1, 0.15) is 24.2 Å². The lowest BCUT2D eigenvalue weighted by Gasteiger charge is -2.27. The fourth-order valence-electron chi connectivity index (χ4n) is 2.12. The van der Waals surface area contributed by atoms with Crippen molar-refractivity contribution in [2.75, 3.05) is 18.5 Å². The summed E-state index contributed by atoms with van der Waals surface area (Å²) >= 11 is 0. The summed E-state index contributed by atoms with van der Waals surface area (Å²) in [7, 11) is 0. The van der Waals surface area contributed by atoms with Crippen LogP contribution >= 0.6 is 0 Å². The predicted molar refractivity (Wildman–Crippen MR) is 76.0 cm³/mol. The highest BCUT2D eigenvalue weighted by molar-refractivity contribution is 5.59. The Morgan fingerprint density at radius 3 is 2.89 bits per heavy atom. The number of nitrogens with one attached hydrogen (secondary N) is 1. The molecule has 3 heteroatoms. The van der Waals surface area contributed by atoms with Crippen LogP contribution in [-0.2, 0) is 0 Å². The number of fused-ring (bicyclic) bond motifs is 1. The van der Waals surface area contributed by atoms with E-state index in [1.165, 1.54) is 5.56 Å². The number of aryl methyl sites for hydroxylation is 1. The summed E-state index contributed by atoms with van der Waals surface area (Å²) in [6, 6.07) is 16.0. The van der Waals surface area contributed by atoms with Crippen LogP contribution in [0.1, 0.15) is 5.56 Å². The van der Waals surface area contributed by atoms with Crippen LogP contribution in [0.3, 0.4) is 0 Å². The van der Waals surface area contributed by atoms with Crippen molar-refractivity contribution in [3.63, 3.8) is 0 Å². The molecule has 1 atom stereocenters. The maximum Gasteiger partial charge on any atom is 0.150 e. The first-order valence-electron chi connectivity index (χ1n) is 6.50. The molecule has 0 bridgehead atoms. The van der Waals surface area contributed by atoms with E-state index in [1.54, 1.807) is 0 Å². The van der Waals surface area contributed by atoms with Crippen molar-refractivity contribution in [3.8, 4) is 11.5 Å². The Morgan fingerprint density at radius 2 is 2.05 bits per heavy atom. The van der Waals surface area contributed by atoms with Gasteiger partial charge in [-0.1, -0.05) is 24.3 Å². The predicted octanol–water partition coefficient (Wildman–Crippen LogP) is 3.25. The third-order valence-corrected chi connectivity index (χ3v) is 3.13. The number of hydrogen-bond donors (Lipinski definition) is 1. The largest absolute Gasteiger partial charge is 0.490 e. The maximum absolute atomic E-state index is 5.95. The Bertz CT molecular complexity index is 554. The molecule has 0 radical (unpaired) electrons. The van der Waals surface area contributed by atoms with Gasteiger partial charge in [-0.2, -0.15) is 0 Å². The van der Waals surface area contributed by atoms with Gasteiger partial charge in [0.2, 0.25) is 0 Å². The van der Waals surface area contributed by atoms with E-state index in [-0.39, 0.29) is 6.10 Å². The summed E-state index contributed by atoms with van der Waals surface area (Å²) in [6.07, 6.45) is 0.0366. The molecular formula is C16H17NO2. The molecule has 3 nitrogen and oxygen atoms in total. The van der Waals surface area contributed by atoms with Crippen molar-refractivity contribution in [3.05, 3.63) is 54.1 Å². The molecule has 0 spiro atoms. The Kier molecular flexibility index (Phi) is 3.27. The van der Waals surface area contributed by atoms with Gasteiger partial charge in [0, 0.05) is 0 Å². The minimum atomic E-state index is 0.0366. The van der Waals surface area contributed by atoms with Gasteiger partial charge in [-0.3, -0.25) is 0 Å². The highest BCUT2D eigenvalue weighted by atomic mass is 16.5. The third kappa shape index (κ3) is 2.81. The molecule has 98 valence electrons. The molecule has 0 saturated carbocycles. The smallest absolute Gasteiger partial charge is 0.150 e. The van der Waals surface area contributed by atoms with Gasteiger partial charge >= 0.3 is 0 Å². The first kappa shape index (κ1) is 11.9. The Morgan fingerprint density at radius 1 is 1.21 bits per heavy atom. The average Bonchev–Trinajstić information content (AvgIpc) is 2.46. The molecule has 0 amide bonds. The first-order valence-corrected chi connectivity index (χ1v) is 6.50. The van der Waals surface area contributed by atoms with E-state index < -0.39 is 0 Å². The second-order valence-corrected chi connectivity index (χ2v) is 4.74. The lowest BCUT2D eigenvalue weighted by Crippen LogP contribution is -2.35. The molecule has 2 aromatic carbocycles. The zero-order valence-corrected chi connectivity index (χ0v) is 10.9. The van der Waals surface area contributed by atoms with Crippen LogP contribution in [0.5, 0.6) is 11.5 Å². The number of para-hydroxylation sites is 1. The summed E-state index contributed by atoms with van der Waals surface area (Å²) < 4.78 is 11.7. The second kappa shape index (κ2) is 5.22. The summed E-state index contributed by atoms with van der Waals surface area (Å²) in [5.74, 6) is 1.79. The fraction of sp³-hybridized carbons (Fsp3) is 0.250. The molecule has 1 unspecified atom stereocenters. The van der Waals surface area contributed by atoms with E-state index >= 15 is 0 Å². The van der Waals surface area contributed by atoms with E-state index in [9.17, 15) is 0 Å². The van der Waals surface area contributed by atoms with Gasteiger partial charge in [0.15, 0.2) is 0 Å². The van der Waals surface area contributed by atoms with Crippen LogP contribution in [-0.4, -0.2) is 19.3 Å². The van der Waals surface area contributed by atoms with Gasteiger partial charge < -0.3 is 14.8 Å². The van der Waals surface area contributed by atoms with Gasteiger partial charge in [0.25, 0.3) is 0 Å². The maximum atomic E-state index is 5.95.